The van der Waals surface area contributed by atoms with E-state index in [9.17, 15) is 0 Å². The van der Waals surface area contributed by atoms with Crippen molar-refractivity contribution in [3.63, 3.8) is 0 Å². The Morgan fingerprint density at radius 1 is 0.365 bits per heavy atom. The molecule has 0 spiro atoms. The summed E-state index contributed by atoms with van der Waals surface area (Å²) in [6, 6.07) is 61.3. The second-order valence-electron chi connectivity index (χ2n) is 12.9. The lowest BCUT2D eigenvalue weighted by atomic mass is 10.0. The van der Waals surface area contributed by atoms with E-state index in [1.54, 1.807) is 0 Å². The van der Waals surface area contributed by atoms with Crippen molar-refractivity contribution in [3.8, 4) is 39.9 Å². The first-order valence-corrected chi connectivity index (χ1v) is 17.5. The summed E-state index contributed by atoms with van der Waals surface area (Å²) < 4.78 is 2.37. The van der Waals surface area contributed by atoms with E-state index in [2.05, 4.69) is 137 Å². The van der Waals surface area contributed by atoms with Crippen LogP contribution in [0.1, 0.15) is 11.1 Å². The zero-order valence-electron chi connectivity index (χ0n) is 28.1. The number of aromatic nitrogens is 4. The number of hydrogen-bond acceptors (Lipinski definition) is 4. The first-order valence-electron chi connectivity index (χ1n) is 17.5. The molecule has 10 rings (SSSR count). The molecule has 0 amide bonds. The number of nitrogens with zero attached hydrogens (tertiary/aromatic N) is 5. The SMILES string of the molecule is C1=Cc2ccc3c(c2N(c2ccccc2)c2ccccc21)c1ccccc1n3-c1ccc(-c2nc(-c3ccccc3)nc(-c3ccccc3)n2)cc1. The Kier molecular flexibility index (Phi) is 7.07. The van der Waals surface area contributed by atoms with Gasteiger partial charge in [-0.1, -0.05) is 133 Å². The van der Waals surface area contributed by atoms with E-state index in [-0.39, 0.29) is 0 Å². The van der Waals surface area contributed by atoms with Gasteiger partial charge in [-0.3, -0.25) is 0 Å². The molecule has 2 aromatic heterocycles. The van der Waals surface area contributed by atoms with Crippen LogP contribution >= 0.6 is 0 Å². The zero-order chi connectivity index (χ0) is 34.4. The van der Waals surface area contributed by atoms with Crippen molar-refractivity contribution in [2.24, 2.45) is 0 Å². The minimum atomic E-state index is 0.635. The van der Waals surface area contributed by atoms with Gasteiger partial charge in [0, 0.05) is 38.8 Å². The van der Waals surface area contributed by atoms with Crippen molar-refractivity contribution in [1.82, 2.24) is 19.5 Å². The molecule has 0 radical (unpaired) electrons. The number of fused-ring (bicyclic) bond motifs is 6. The minimum absolute atomic E-state index is 0.635. The lowest BCUT2D eigenvalue weighted by molar-refractivity contribution is 1.07. The predicted octanol–water partition coefficient (Wildman–Crippen LogP) is 11.9. The summed E-state index contributed by atoms with van der Waals surface area (Å²) >= 11 is 0. The number of para-hydroxylation sites is 3. The average molecular weight is 666 g/mol. The third-order valence-electron chi connectivity index (χ3n) is 9.78. The first kappa shape index (κ1) is 29.8. The van der Waals surface area contributed by atoms with Crippen molar-refractivity contribution in [3.05, 3.63) is 187 Å². The highest BCUT2D eigenvalue weighted by molar-refractivity contribution is 6.19. The van der Waals surface area contributed by atoms with E-state index >= 15 is 0 Å². The molecule has 0 N–H and O–H groups in total. The van der Waals surface area contributed by atoms with Crippen LogP contribution in [0.5, 0.6) is 0 Å². The number of hydrogen-bond donors (Lipinski definition) is 0. The molecule has 52 heavy (non-hydrogen) atoms. The fraction of sp³-hybridized carbons (Fsp3) is 0. The van der Waals surface area contributed by atoms with Gasteiger partial charge in [-0.25, -0.2) is 15.0 Å². The van der Waals surface area contributed by atoms with Crippen LogP contribution in [0, 0.1) is 0 Å². The smallest absolute Gasteiger partial charge is 0.164 e. The largest absolute Gasteiger partial charge is 0.309 e. The molecule has 244 valence electrons. The van der Waals surface area contributed by atoms with Crippen molar-refractivity contribution in [2.45, 2.75) is 0 Å². The molecule has 0 aliphatic carbocycles. The summed E-state index contributed by atoms with van der Waals surface area (Å²) in [6.45, 7) is 0. The zero-order valence-corrected chi connectivity index (χ0v) is 28.1. The van der Waals surface area contributed by atoms with Crippen LogP contribution in [-0.4, -0.2) is 19.5 Å². The van der Waals surface area contributed by atoms with Crippen LogP contribution in [0.25, 0.3) is 73.8 Å². The fourth-order valence-electron chi connectivity index (χ4n) is 7.39. The lowest BCUT2D eigenvalue weighted by Crippen LogP contribution is -2.12. The van der Waals surface area contributed by atoms with Crippen molar-refractivity contribution in [1.29, 1.82) is 0 Å². The van der Waals surface area contributed by atoms with Gasteiger partial charge in [-0.2, -0.15) is 0 Å². The Hall–Kier alpha value is -7.11. The molecule has 5 nitrogen and oxygen atoms in total. The highest BCUT2D eigenvalue weighted by atomic mass is 15.2. The summed E-state index contributed by atoms with van der Waals surface area (Å²) in [5.41, 5.74) is 12.0. The van der Waals surface area contributed by atoms with Gasteiger partial charge >= 0.3 is 0 Å². The van der Waals surface area contributed by atoms with Gasteiger partial charge in [0.15, 0.2) is 17.5 Å². The second-order valence-corrected chi connectivity index (χ2v) is 12.9. The maximum atomic E-state index is 4.96. The van der Waals surface area contributed by atoms with Crippen LogP contribution < -0.4 is 4.90 Å². The molecule has 1 aliphatic rings. The molecule has 9 aromatic rings. The lowest BCUT2D eigenvalue weighted by Gasteiger charge is -2.28. The molecule has 0 saturated heterocycles. The maximum Gasteiger partial charge on any atom is 0.164 e. The van der Waals surface area contributed by atoms with Gasteiger partial charge in [-0.15, -0.1) is 0 Å². The third kappa shape index (κ3) is 4.98. The monoisotopic (exact) mass is 665 g/mol. The van der Waals surface area contributed by atoms with Crippen LogP contribution in [0.3, 0.4) is 0 Å². The van der Waals surface area contributed by atoms with Crippen LogP contribution in [0.15, 0.2) is 176 Å². The van der Waals surface area contributed by atoms with Crippen LogP contribution in [0.2, 0.25) is 0 Å². The van der Waals surface area contributed by atoms with Crippen molar-refractivity contribution >= 4 is 51.0 Å². The summed E-state index contributed by atoms with van der Waals surface area (Å²) in [5, 5.41) is 2.41. The predicted molar refractivity (Wildman–Crippen MR) is 214 cm³/mol. The van der Waals surface area contributed by atoms with E-state index in [0.29, 0.717) is 17.5 Å². The van der Waals surface area contributed by atoms with Gasteiger partial charge in [0.1, 0.15) is 0 Å². The molecule has 0 fully saturated rings. The third-order valence-corrected chi connectivity index (χ3v) is 9.78. The van der Waals surface area contributed by atoms with Crippen molar-refractivity contribution in [2.75, 3.05) is 4.90 Å². The Bertz CT molecular complexity index is 2710. The van der Waals surface area contributed by atoms with E-state index in [1.165, 1.54) is 27.6 Å². The Balaban J connectivity index is 1.15. The molecule has 0 bridgehead atoms. The standard InChI is InChI=1S/C47H31N5/c1-4-15-34(16-5-1)45-48-46(35-17-6-2-7-18-35)50-47(49-45)36-26-29-38(30-27-36)51-41-23-13-11-21-39(41)43-42(51)31-28-33-25-24-32-14-10-12-22-40(32)52(44(33)43)37-19-8-3-9-20-37/h1-31H. The quantitative estimate of drug-likeness (QED) is 0.184. The molecular formula is C47H31N5. The highest BCUT2D eigenvalue weighted by Crippen LogP contribution is 2.48. The van der Waals surface area contributed by atoms with Crippen molar-refractivity contribution < 1.29 is 0 Å². The van der Waals surface area contributed by atoms with Gasteiger partial charge < -0.3 is 9.47 Å². The normalized spacial score (nSPS) is 12.1. The molecule has 7 aromatic carbocycles. The molecule has 0 atom stereocenters. The molecule has 5 heteroatoms. The Morgan fingerprint density at radius 2 is 0.904 bits per heavy atom. The number of anilines is 3. The highest BCUT2D eigenvalue weighted by Gasteiger charge is 2.25. The van der Waals surface area contributed by atoms with E-state index in [0.717, 1.165) is 44.8 Å². The summed E-state index contributed by atoms with van der Waals surface area (Å²) in [7, 11) is 0. The molecular weight excluding hydrogens is 635 g/mol. The van der Waals surface area contributed by atoms with Crippen LogP contribution in [-0.2, 0) is 0 Å². The molecule has 0 unspecified atom stereocenters. The van der Waals surface area contributed by atoms with E-state index < -0.39 is 0 Å². The van der Waals surface area contributed by atoms with Gasteiger partial charge in [-0.05, 0) is 65.7 Å². The van der Waals surface area contributed by atoms with Gasteiger partial charge in [0.05, 0.1) is 22.4 Å². The minimum Gasteiger partial charge on any atom is -0.309 e. The Morgan fingerprint density at radius 3 is 1.58 bits per heavy atom. The topological polar surface area (TPSA) is 46.8 Å². The first-order chi connectivity index (χ1) is 25.8. The van der Waals surface area contributed by atoms with E-state index in [4.69, 9.17) is 15.0 Å². The summed E-state index contributed by atoms with van der Waals surface area (Å²) in [6.07, 6.45) is 4.48. The van der Waals surface area contributed by atoms with Crippen LogP contribution in [0.4, 0.5) is 17.1 Å². The molecule has 0 saturated carbocycles. The molecule has 3 heterocycles. The summed E-state index contributed by atoms with van der Waals surface area (Å²) in [4.78, 5) is 17.2. The van der Waals surface area contributed by atoms with Gasteiger partial charge in [0.2, 0.25) is 0 Å². The average Bonchev–Trinajstić information content (AvgIpc) is 3.46. The number of benzene rings is 7. The second kappa shape index (κ2) is 12.3. The summed E-state index contributed by atoms with van der Waals surface area (Å²) in [5.74, 6) is 1.93. The van der Waals surface area contributed by atoms with E-state index in [1.807, 2.05) is 60.7 Å². The molecule has 1 aliphatic heterocycles. The fourth-order valence-corrected chi connectivity index (χ4v) is 7.39. The maximum absolute atomic E-state index is 4.96. The van der Waals surface area contributed by atoms with Gasteiger partial charge in [0.25, 0.3) is 0 Å². The Labute approximate surface area is 301 Å². The number of rotatable bonds is 5.